The second kappa shape index (κ2) is 9.66. The summed E-state index contributed by atoms with van der Waals surface area (Å²) in [5.74, 6) is -0.343. The highest BCUT2D eigenvalue weighted by molar-refractivity contribution is 7.99. The van der Waals surface area contributed by atoms with E-state index in [0.717, 1.165) is 29.3 Å². The van der Waals surface area contributed by atoms with Crippen molar-refractivity contribution in [2.75, 3.05) is 11.9 Å². The van der Waals surface area contributed by atoms with Gasteiger partial charge in [-0.25, -0.2) is 8.42 Å². The monoisotopic (exact) mass is 485 g/mol. The summed E-state index contributed by atoms with van der Waals surface area (Å²) in [6.07, 6.45) is 4.38. The van der Waals surface area contributed by atoms with Crippen LogP contribution in [-0.4, -0.2) is 46.0 Å². The molecule has 1 fully saturated rings. The van der Waals surface area contributed by atoms with Gasteiger partial charge in [-0.05, 0) is 80.4 Å². The quantitative estimate of drug-likeness (QED) is 0.565. The molecule has 33 heavy (non-hydrogen) atoms. The van der Waals surface area contributed by atoms with Crippen molar-refractivity contribution < 1.29 is 13.2 Å². The van der Waals surface area contributed by atoms with Crippen molar-refractivity contribution >= 4 is 33.4 Å². The van der Waals surface area contributed by atoms with Crippen LogP contribution >= 0.6 is 11.8 Å². The summed E-state index contributed by atoms with van der Waals surface area (Å²) in [6, 6.07) is 12.1. The van der Waals surface area contributed by atoms with Gasteiger partial charge >= 0.3 is 0 Å². The second-order valence-corrected chi connectivity index (χ2v) is 11.2. The van der Waals surface area contributed by atoms with Gasteiger partial charge in [0.2, 0.25) is 10.0 Å². The number of nitrogens with zero attached hydrogens (tertiary/aromatic N) is 4. The van der Waals surface area contributed by atoms with Gasteiger partial charge in [-0.3, -0.25) is 4.79 Å². The summed E-state index contributed by atoms with van der Waals surface area (Å²) in [5.41, 5.74) is 1.69. The molecule has 1 saturated heterocycles. The van der Waals surface area contributed by atoms with Gasteiger partial charge in [0.25, 0.3) is 5.91 Å². The smallest absolute Gasteiger partial charge is 0.255 e. The van der Waals surface area contributed by atoms with E-state index in [1.54, 1.807) is 29.7 Å². The number of hydrogen-bond acceptors (Lipinski definition) is 6. The normalized spacial score (nSPS) is 17.1. The number of rotatable bonds is 6. The average molecular weight is 486 g/mol. The summed E-state index contributed by atoms with van der Waals surface area (Å²) in [4.78, 5) is 14.1. The molecule has 1 unspecified atom stereocenters. The molecule has 1 aliphatic heterocycles. The van der Waals surface area contributed by atoms with E-state index < -0.39 is 10.0 Å². The zero-order chi connectivity index (χ0) is 23.6. The van der Waals surface area contributed by atoms with Crippen LogP contribution in [0, 0.1) is 6.92 Å². The Morgan fingerprint density at radius 3 is 2.58 bits per heavy atom. The second-order valence-electron chi connectivity index (χ2n) is 8.24. The fourth-order valence-electron chi connectivity index (χ4n) is 3.85. The minimum absolute atomic E-state index is 0.0414. The summed E-state index contributed by atoms with van der Waals surface area (Å²) >= 11 is 1.47. The third-order valence-electron chi connectivity index (χ3n) is 5.79. The van der Waals surface area contributed by atoms with Crippen LogP contribution in [0.15, 0.2) is 63.7 Å². The molecular weight excluding hydrogens is 458 g/mol. The molecule has 2 aromatic carbocycles. The zero-order valence-corrected chi connectivity index (χ0v) is 20.5. The number of anilines is 1. The molecule has 1 N–H and O–H groups in total. The zero-order valence-electron chi connectivity index (χ0n) is 18.9. The summed E-state index contributed by atoms with van der Waals surface area (Å²) in [6.45, 7) is 4.25. The fraction of sp³-hybridized carbons (Fsp3) is 0.348. The highest BCUT2D eigenvalue weighted by Gasteiger charge is 2.31. The van der Waals surface area contributed by atoms with Crippen molar-refractivity contribution in [3.05, 3.63) is 59.9 Å². The fourth-order valence-corrected chi connectivity index (χ4v) is 6.33. The van der Waals surface area contributed by atoms with E-state index in [2.05, 4.69) is 15.5 Å². The van der Waals surface area contributed by atoms with Crippen molar-refractivity contribution in [3.8, 4) is 0 Å². The predicted octanol–water partition coefficient (Wildman–Crippen LogP) is 4.09. The van der Waals surface area contributed by atoms with Crippen LogP contribution in [-0.2, 0) is 17.1 Å². The van der Waals surface area contributed by atoms with E-state index in [1.807, 2.05) is 42.8 Å². The van der Waals surface area contributed by atoms with Crippen LogP contribution in [0.5, 0.6) is 0 Å². The molecule has 10 heteroatoms. The van der Waals surface area contributed by atoms with Crippen LogP contribution in [0.4, 0.5) is 5.69 Å². The third-order valence-corrected chi connectivity index (χ3v) is 8.86. The maximum atomic E-state index is 13.2. The Labute approximate surface area is 198 Å². The SMILES string of the molecule is Cc1ccc(S(=O)(=O)N2CCCCC2C)cc1C(=O)Nc1ccc(Sc2nncn2C)cc1. The van der Waals surface area contributed by atoms with Crippen LogP contribution in [0.3, 0.4) is 0 Å². The Hall–Kier alpha value is -2.69. The van der Waals surface area contributed by atoms with Gasteiger partial charge in [0.05, 0.1) is 4.90 Å². The van der Waals surface area contributed by atoms with E-state index in [-0.39, 0.29) is 16.8 Å². The van der Waals surface area contributed by atoms with Crippen molar-refractivity contribution in [1.82, 2.24) is 19.1 Å². The molecule has 0 saturated carbocycles. The molecule has 174 valence electrons. The minimum Gasteiger partial charge on any atom is -0.322 e. The molecule has 1 amide bonds. The number of amides is 1. The molecule has 0 radical (unpaired) electrons. The van der Waals surface area contributed by atoms with Gasteiger partial charge in [0, 0.05) is 35.8 Å². The molecule has 0 aliphatic carbocycles. The first-order chi connectivity index (χ1) is 15.8. The topological polar surface area (TPSA) is 97.2 Å². The number of carbonyl (C=O) groups is 1. The third kappa shape index (κ3) is 5.13. The Bertz CT molecular complexity index is 1260. The van der Waals surface area contributed by atoms with Crippen LogP contribution in [0.2, 0.25) is 0 Å². The molecule has 2 heterocycles. The summed E-state index contributed by atoms with van der Waals surface area (Å²) < 4.78 is 29.8. The van der Waals surface area contributed by atoms with E-state index >= 15 is 0 Å². The molecule has 1 aromatic heterocycles. The lowest BCUT2D eigenvalue weighted by Crippen LogP contribution is -2.42. The lowest BCUT2D eigenvalue weighted by molar-refractivity contribution is 0.102. The van der Waals surface area contributed by atoms with Gasteiger partial charge in [-0.15, -0.1) is 10.2 Å². The maximum Gasteiger partial charge on any atom is 0.255 e. The van der Waals surface area contributed by atoms with Crippen molar-refractivity contribution in [2.45, 2.75) is 54.1 Å². The molecule has 0 spiro atoms. The van der Waals surface area contributed by atoms with E-state index in [1.165, 1.54) is 17.8 Å². The number of benzene rings is 2. The highest BCUT2D eigenvalue weighted by atomic mass is 32.2. The van der Waals surface area contributed by atoms with Crippen LogP contribution in [0.25, 0.3) is 0 Å². The van der Waals surface area contributed by atoms with Crippen molar-refractivity contribution in [2.24, 2.45) is 7.05 Å². The van der Waals surface area contributed by atoms with Gasteiger partial charge in [0.1, 0.15) is 6.33 Å². The summed E-state index contributed by atoms with van der Waals surface area (Å²) in [7, 11) is -1.78. The molecule has 1 aliphatic rings. The van der Waals surface area contributed by atoms with E-state index in [4.69, 9.17) is 0 Å². The lowest BCUT2D eigenvalue weighted by atomic mass is 10.1. The molecule has 4 rings (SSSR count). The number of carbonyl (C=O) groups excluding carboxylic acids is 1. The maximum absolute atomic E-state index is 13.2. The van der Waals surface area contributed by atoms with Gasteiger partial charge in [-0.2, -0.15) is 4.31 Å². The molecule has 3 aromatic rings. The Morgan fingerprint density at radius 1 is 1.15 bits per heavy atom. The first kappa shape index (κ1) is 23.5. The first-order valence-corrected chi connectivity index (χ1v) is 13.1. The van der Waals surface area contributed by atoms with E-state index in [9.17, 15) is 13.2 Å². The Morgan fingerprint density at radius 2 is 1.91 bits per heavy atom. The van der Waals surface area contributed by atoms with Crippen molar-refractivity contribution in [3.63, 3.8) is 0 Å². The average Bonchev–Trinajstić information content (AvgIpc) is 3.19. The van der Waals surface area contributed by atoms with E-state index in [0.29, 0.717) is 23.4 Å². The number of aryl methyl sites for hydroxylation is 2. The summed E-state index contributed by atoms with van der Waals surface area (Å²) in [5, 5.41) is 11.6. The number of aromatic nitrogens is 3. The first-order valence-electron chi connectivity index (χ1n) is 10.8. The molecule has 8 nitrogen and oxygen atoms in total. The number of hydrogen-bond donors (Lipinski definition) is 1. The number of nitrogens with one attached hydrogen (secondary N) is 1. The predicted molar refractivity (Wildman–Crippen MR) is 128 cm³/mol. The largest absolute Gasteiger partial charge is 0.322 e. The Balaban J connectivity index is 1.51. The van der Waals surface area contributed by atoms with Crippen molar-refractivity contribution in [1.29, 1.82) is 0 Å². The van der Waals surface area contributed by atoms with Gasteiger partial charge in [0.15, 0.2) is 5.16 Å². The Kier molecular flexibility index (Phi) is 6.87. The molecule has 1 atom stereocenters. The standard InChI is InChI=1S/C23H27N5O3S2/c1-16-7-12-20(33(30,31)28-13-5-4-6-17(28)2)14-21(16)22(29)25-18-8-10-19(11-9-18)32-23-26-24-15-27(23)3/h7-12,14-15,17H,4-6,13H2,1-3H3,(H,25,29). The van der Waals surface area contributed by atoms with Crippen LogP contribution < -0.4 is 5.32 Å². The number of sulfonamides is 1. The minimum atomic E-state index is -3.65. The van der Waals surface area contributed by atoms with Gasteiger partial charge < -0.3 is 9.88 Å². The number of piperidine rings is 1. The highest BCUT2D eigenvalue weighted by Crippen LogP contribution is 2.28. The van der Waals surface area contributed by atoms with Crippen LogP contribution in [0.1, 0.15) is 42.1 Å². The molecular formula is C23H27N5O3S2. The molecule has 0 bridgehead atoms. The lowest BCUT2D eigenvalue weighted by Gasteiger charge is -2.32. The van der Waals surface area contributed by atoms with Gasteiger partial charge in [-0.1, -0.05) is 12.5 Å².